The number of benzene rings is 1. The van der Waals surface area contributed by atoms with Crippen molar-refractivity contribution in [2.75, 3.05) is 13.1 Å². The lowest BCUT2D eigenvalue weighted by Crippen LogP contribution is -2.32. The Morgan fingerprint density at radius 1 is 1.32 bits per heavy atom. The lowest BCUT2D eigenvalue weighted by molar-refractivity contribution is 0.200. The Balaban J connectivity index is 2.04. The van der Waals surface area contributed by atoms with Crippen LogP contribution in [0.15, 0.2) is 24.3 Å². The van der Waals surface area contributed by atoms with E-state index in [-0.39, 0.29) is 0 Å². The summed E-state index contributed by atoms with van der Waals surface area (Å²) in [6, 6.07) is 9.32. The second-order valence-corrected chi connectivity index (χ2v) is 5.21. The molecule has 0 radical (unpaired) electrons. The highest BCUT2D eigenvalue weighted by Gasteiger charge is 2.21. The fraction of sp³-hybridized carbons (Fsp3) is 0.529. The van der Waals surface area contributed by atoms with Crippen LogP contribution in [0.25, 0.3) is 0 Å². The van der Waals surface area contributed by atoms with E-state index in [2.05, 4.69) is 47.9 Å². The first-order valence-electron chi connectivity index (χ1n) is 7.35. The van der Waals surface area contributed by atoms with Crippen LogP contribution in [0.3, 0.4) is 0 Å². The largest absolute Gasteiger partial charge is 0.320 e. The van der Waals surface area contributed by atoms with Crippen molar-refractivity contribution in [3.05, 3.63) is 35.4 Å². The zero-order valence-electron chi connectivity index (χ0n) is 11.9. The van der Waals surface area contributed by atoms with Crippen molar-refractivity contribution in [2.45, 2.75) is 45.2 Å². The molecule has 0 aromatic heterocycles. The highest BCUT2D eigenvalue weighted by molar-refractivity contribution is 5.37. The van der Waals surface area contributed by atoms with Gasteiger partial charge in [0.25, 0.3) is 0 Å². The molecule has 2 N–H and O–H groups in total. The normalized spacial score (nSPS) is 15.5. The number of nitrogens with two attached hydrogens (primary N) is 1. The van der Waals surface area contributed by atoms with Gasteiger partial charge in [-0.2, -0.15) is 0 Å². The molecule has 19 heavy (non-hydrogen) atoms. The summed E-state index contributed by atoms with van der Waals surface area (Å²) in [5.74, 6) is 6.03. The Hall–Kier alpha value is -1.30. The Bertz CT molecular complexity index is 450. The molecular weight excluding hydrogens is 232 g/mol. The summed E-state index contributed by atoms with van der Waals surface area (Å²) in [4.78, 5) is 2.60. The van der Waals surface area contributed by atoms with Gasteiger partial charge in [-0.1, -0.05) is 43.7 Å². The predicted molar refractivity (Wildman–Crippen MR) is 80.7 cm³/mol. The Labute approximate surface area is 117 Å². The molecule has 0 bridgehead atoms. The fourth-order valence-electron chi connectivity index (χ4n) is 2.90. The molecule has 0 aliphatic heterocycles. The highest BCUT2D eigenvalue weighted by atomic mass is 15.1. The highest BCUT2D eigenvalue weighted by Crippen LogP contribution is 2.24. The zero-order chi connectivity index (χ0) is 13.5. The maximum Gasteiger partial charge on any atom is 0.0555 e. The quantitative estimate of drug-likeness (QED) is 0.839. The van der Waals surface area contributed by atoms with E-state index in [1.54, 1.807) is 0 Å². The van der Waals surface area contributed by atoms with Crippen LogP contribution in [0.4, 0.5) is 0 Å². The molecular formula is C17H24N2. The van der Waals surface area contributed by atoms with Gasteiger partial charge in [-0.15, -0.1) is 0 Å². The molecule has 0 heterocycles. The molecule has 0 spiro atoms. The van der Waals surface area contributed by atoms with E-state index in [1.165, 1.54) is 31.2 Å². The van der Waals surface area contributed by atoms with E-state index in [9.17, 15) is 0 Å². The zero-order valence-corrected chi connectivity index (χ0v) is 11.9. The third-order valence-electron chi connectivity index (χ3n) is 3.89. The average molecular weight is 256 g/mol. The van der Waals surface area contributed by atoms with E-state index in [4.69, 9.17) is 5.73 Å². The van der Waals surface area contributed by atoms with E-state index >= 15 is 0 Å². The van der Waals surface area contributed by atoms with Gasteiger partial charge in [-0.05, 0) is 37.1 Å². The van der Waals surface area contributed by atoms with Gasteiger partial charge >= 0.3 is 0 Å². The molecule has 1 fully saturated rings. The van der Waals surface area contributed by atoms with Crippen LogP contribution in [-0.4, -0.2) is 24.0 Å². The standard InChI is InChI=1S/C17H24N2/c1-2-19(17-10-3-4-11-17)14-16-8-5-7-15(13-16)9-6-12-18/h5,7-8,13,17H,2-4,10-12,14,18H2,1H3. The Kier molecular flexibility index (Phi) is 5.44. The number of hydrogen-bond acceptors (Lipinski definition) is 2. The first-order chi connectivity index (χ1) is 9.33. The van der Waals surface area contributed by atoms with Gasteiger partial charge in [0.2, 0.25) is 0 Å². The van der Waals surface area contributed by atoms with Gasteiger partial charge in [0.05, 0.1) is 6.54 Å². The molecule has 0 atom stereocenters. The lowest BCUT2D eigenvalue weighted by atomic mass is 10.1. The van der Waals surface area contributed by atoms with Crippen LogP contribution in [0.1, 0.15) is 43.7 Å². The van der Waals surface area contributed by atoms with Crippen LogP contribution in [0.2, 0.25) is 0 Å². The molecule has 102 valence electrons. The van der Waals surface area contributed by atoms with Crippen LogP contribution >= 0.6 is 0 Å². The smallest absolute Gasteiger partial charge is 0.0555 e. The second-order valence-electron chi connectivity index (χ2n) is 5.21. The van der Waals surface area contributed by atoms with Crippen molar-refractivity contribution < 1.29 is 0 Å². The average Bonchev–Trinajstić information content (AvgIpc) is 2.97. The summed E-state index contributed by atoms with van der Waals surface area (Å²) in [5.41, 5.74) is 7.85. The summed E-state index contributed by atoms with van der Waals surface area (Å²) in [6.07, 6.45) is 5.51. The summed E-state index contributed by atoms with van der Waals surface area (Å²) in [6.45, 7) is 4.85. The lowest BCUT2D eigenvalue weighted by Gasteiger charge is -2.27. The number of rotatable bonds is 4. The van der Waals surface area contributed by atoms with Crippen molar-refractivity contribution >= 4 is 0 Å². The molecule has 0 amide bonds. The van der Waals surface area contributed by atoms with Crippen LogP contribution < -0.4 is 5.73 Å². The molecule has 2 rings (SSSR count). The predicted octanol–water partition coefficient (Wildman–Crippen LogP) is 2.76. The molecule has 1 aliphatic rings. The molecule has 2 heteroatoms. The second kappa shape index (κ2) is 7.33. The molecule has 1 saturated carbocycles. The van der Waals surface area contributed by atoms with E-state index in [1.807, 2.05) is 0 Å². The first kappa shape index (κ1) is 14.1. The van der Waals surface area contributed by atoms with Crippen LogP contribution in [0.5, 0.6) is 0 Å². The molecule has 1 aliphatic carbocycles. The summed E-state index contributed by atoms with van der Waals surface area (Å²) in [5, 5.41) is 0. The van der Waals surface area contributed by atoms with Crippen molar-refractivity contribution in [3.63, 3.8) is 0 Å². The maximum atomic E-state index is 5.42. The van der Waals surface area contributed by atoms with Crippen molar-refractivity contribution in [1.82, 2.24) is 4.90 Å². The minimum Gasteiger partial charge on any atom is -0.320 e. The summed E-state index contributed by atoms with van der Waals surface area (Å²) >= 11 is 0. The Morgan fingerprint density at radius 3 is 2.79 bits per heavy atom. The topological polar surface area (TPSA) is 29.3 Å². The summed E-state index contributed by atoms with van der Waals surface area (Å²) in [7, 11) is 0. The number of nitrogens with zero attached hydrogens (tertiary/aromatic N) is 1. The SMILES string of the molecule is CCN(Cc1cccc(C#CCN)c1)C1CCCC1. The van der Waals surface area contributed by atoms with E-state index in [0.29, 0.717) is 6.54 Å². The van der Waals surface area contributed by atoms with Crippen LogP contribution in [0, 0.1) is 11.8 Å². The minimum absolute atomic E-state index is 0.424. The molecule has 0 saturated heterocycles. The van der Waals surface area contributed by atoms with Crippen LogP contribution in [-0.2, 0) is 6.54 Å². The van der Waals surface area contributed by atoms with Gasteiger partial charge in [0.15, 0.2) is 0 Å². The maximum absolute atomic E-state index is 5.42. The summed E-state index contributed by atoms with van der Waals surface area (Å²) < 4.78 is 0. The van der Waals surface area contributed by atoms with E-state index in [0.717, 1.165) is 24.7 Å². The van der Waals surface area contributed by atoms with E-state index < -0.39 is 0 Å². The molecule has 1 aromatic rings. The van der Waals surface area contributed by atoms with Gasteiger partial charge in [-0.25, -0.2) is 0 Å². The van der Waals surface area contributed by atoms with Gasteiger partial charge < -0.3 is 5.73 Å². The molecule has 0 unspecified atom stereocenters. The number of hydrogen-bond donors (Lipinski definition) is 1. The molecule has 2 nitrogen and oxygen atoms in total. The van der Waals surface area contributed by atoms with Gasteiger partial charge in [-0.3, -0.25) is 4.90 Å². The van der Waals surface area contributed by atoms with Gasteiger partial charge in [0.1, 0.15) is 0 Å². The third kappa shape index (κ3) is 4.09. The van der Waals surface area contributed by atoms with Crippen molar-refractivity contribution in [1.29, 1.82) is 0 Å². The monoisotopic (exact) mass is 256 g/mol. The van der Waals surface area contributed by atoms with Crippen molar-refractivity contribution in [3.8, 4) is 11.8 Å². The first-order valence-corrected chi connectivity index (χ1v) is 7.35. The minimum atomic E-state index is 0.424. The van der Waals surface area contributed by atoms with Gasteiger partial charge in [0, 0.05) is 18.2 Å². The molecule has 1 aromatic carbocycles. The Morgan fingerprint density at radius 2 is 2.11 bits per heavy atom. The third-order valence-corrected chi connectivity index (χ3v) is 3.89. The van der Waals surface area contributed by atoms with Crippen molar-refractivity contribution in [2.24, 2.45) is 5.73 Å². The fourth-order valence-corrected chi connectivity index (χ4v) is 2.90.